The van der Waals surface area contributed by atoms with E-state index in [2.05, 4.69) is 9.97 Å². The van der Waals surface area contributed by atoms with Gasteiger partial charge in [0.1, 0.15) is 5.82 Å². The van der Waals surface area contributed by atoms with Crippen LogP contribution in [0.2, 0.25) is 0 Å². The number of aliphatic hydroxyl groups is 1. The summed E-state index contributed by atoms with van der Waals surface area (Å²) in [6.45, 7) is 0.611. The van der Waals surface area contributed by atoms with Crippen LogP contribution in [-0.4, -0.2) is 30.8 Å². The molecule has 0 atom stereocenters. The Kier molecular flexibility index (Phi) is 4.80. The van der Waals surface area contributed by atoms with Crippen molar-refractivity contribution in [1.29, 1.82) is 0 Å². The topological polar surface area (TPSA) is 55.9 Å². The van der Waals surface area contributed by atoms with Gasteiger partial charge in [-0.2, -0.15) is 13.2 Å². The molecule has 2 heterocycles. The number of halogens is 3. The monoisotopic (exact) mass is 388 g/mol. The van der Waals surface area contributed by atoms with Gasteiger partial charge in [0.15, 0.2) is 0 Å². The highest BCUT2D eigenvalue weighted by Crippen LogP contribution is 2.32. The number of unbranched alkanes of at least 4 members (excludes halogenated alkanes) is 1. The number of fused-ring (bicyclic) bond motifs is 2. The molecule has 0 amide bonds. The fraction of sp³-hybridized carbons (Fsp3) is 0.300. The van der Waals surface area contributed by atoms with Crippen molar-refractivity contribution in [1.82, 2.24) is 19.1 Å². The van der Waals surface area contributed by atoms with Gasteiger partial charge < -0.3 is 14.2 Å². The molecule has 0 fully saturated rings. The molecule has 0 bridgehead atoms. The summed E-state index contributed by atoms with van der Waals surface area (Å²) in [7, 11) is 0. The third-order valence-corrected chi connectivity index (χ3v) is 4.73. The third-order valence-electron chi connectivity index (χ3n) is 4.73. The average Bonchev–Trinajstić information content (AvgIpc) is 3.21. The van der Waals surface area contributed by atoms with Crippen LogP contribution in [-0.2, 0) is 19.3 Å². The third kappa shape index (κ3) is 3.35. The van der Waals surface area contributed by atoms with Crippen LogP contribution in [0.1, 0.15) is 24.5 Å². The molecule has 0 radical (unpaired) electrons. The van der Waals surface area contributed by atoms with Gasteiger partial charge >= 0.3 is 6.18 Å². The Balaban J connectivity index is 1.83. The summed E-state index contributed by atoms with van der Waals surface area (Å²) in [5.41, 5.74) is 2.33. The van der Waals surface area contributed by atoms with E-state index in [1.165, 1.54) is 4.57 Å². The summed E-state index contributed by atoms with van der Waals surface area (Å²) in [5, 5.41) is 9.07. The summed E-state index contributed by atoms with van der Waals surface area (Å²) < 4.78 is 43.9. The van der Waals surface area contributed by atoms with E-state index in [0.29, 0.717) is 36.2 Å². The van der Waals surface area contributed by atoms with Crippen LogP contribution < -0.4 is 0 Å². The molecule has 1 N–H and O–H groups in total. The largest absolute Gasteiger partial charge is 0.449 e. The van der Waals surface area contributed by atoms with Crippen molar-refractivity contribution in [3.05, 3.63) is 60.2 Å². The van der Waals surface area contributed by atoms with E-state index < -0.39 is 12.0 Å². The molecule has 0 aliphatic rings. The first kappa shape index (κ1) is 18.5. The Morgan fingerprint density at radius 3 is 2.07 bits per heavy atom. The molecule has 5 nitrogen and oxygen atoms in total. The SMILES string of the molecule is OCCCCn1c(Cn2c(C(F)(F)F)nc3ccccc32)nc2ccccc21. The zero-order chi connectivity index (χ0) is 19.7. The molecule has 0 aliphatic carbocycles. The minimum Gasteiger partial charge on any atom is -0.396 e. The van der Waals surface area contributed by atoms with Gasteiger partial charge in [0.25, 0.3) is 0 Å². The fourth-order valence-electron chi connectivity index (χ4n) is 3.47. The number of aromatic nitrogens is 4. The van der Waals surface area contributed by atoms with Crippen LogP contribution in [0.15, 0.2) is 48.5 Å². The summed E-state index contributed by atoms with van der Waals surface area (Å²) in [5.74, 6) is -0.393. The number of rotatable bonds is 6. The minimum atomic E-state index is -4.56. The van der Waals surface area contributed by atoms with Crippen LogP contribution >= 0.6 is 0 Å². The highest BCUT2D eigenvalue weighted by atomic mass is 19.4. The normalized spacial score (nSPS) is 12.3. The predicted molar refractivity (Wildman–Crippen MR) is 99.9 cm³/mol. The van der Waals surface area contributed by atoms with Gasteiger partial charge in [0, 0.05) is 13.2 Å². The van der Waals surface area contributed by atoms with Crippen LogP contribution in [0, 0.1) is 0 Å². The zero-order valence-corrected chi connectivity index (χ0v) is 15.0. The van der Waals surface area contributed by atoms with Gasteiger partial charge in [-0.25, -0.2) is 9.97 Å². The maximum atomic E-state index is 13.6. The van der Waals surface area contributed by atoms with Gasteiger partial charge in [-0.1, -0.05) is 24.3 Å². The highest BCUT2D eigenvalue weighted by molar-refractivity contribution is 5.77. The Labute approximate surface area is 159 Å². The number of aryl methyl sites for hydroxylation is 1. The molecule has 0 saturated carbocycles. The minimum absolute atomic E-state index is 0.0385. The lowest BCUT2D eigenvalue weighted by atomic mass is 10.3. The standard InChI is InChI=1S/C20H19F3N4O/c21-20(22,23)19-25-15-8-2-4-10-17(15)27(19)13-18-24-14-7-1-3-9-16(14)26(18)11-5-6-12-28/h1-4,7-10,28H,5-6,11-13H2. The number of imidazole rings is 2. The second-order valence-corrected chi connectivity index (χ2v) is 6.61. The lowest BCUT2D eigenvalue weighted by Gasteiger charge is -2.13. The quantitative estimate of drug-likeness (QED) is 0.503. The van der Waals surface area contributed by atoms with Crippen molar-refractivity contribution in [2.24, 2.45) is 0 Å². The fourth-order valence-corrected chi connectivity index (χ4v) is 3.47. The van der Waals surface area contributed by atoms with Crippen molar-refractivity contribution in [3.63, 3.8) is 0 Å². The smallest absolute Gasteiger partial charge is 0.396 e. The van der Waals surface area contributed by atoms with Crippen LogP contribution in [0.25, 0.3) is 22.1 Å². The first-order valence-electron chi connectivity index (χ1n) is 9.06. The molecule has 28 heavy (non-hydrogen) atoms. The van der Waals surface area contributed by atoms with E-state index in [4.69, 9.17) is 5.11 Å². The first-order valence-corrected chi connectivity index (χ1v) is 9.06. The Bertz CT molecular complexity index is 1110. The van der Waals surface area contributed by atoms with E-state index in [0.717, 1.165) is 11.0 Å². The van der Waals surface area contributed by atoms with Crippen molar-refractivity contribution in [2.45, 2.75) is 32.1 Å². The average molecular weight is 388 g/mol. The van der Waals surface area contributed by atoms with Crippen molar-refractivity contribution >= 4 is 22.1 Å². The molecule has 2 aromatic carbocycles. The summed E-state index contributed by atoms with van der Waals surface area (Å²) in [6.07, 6.45) is -3.23. The number of benzene rings is 2. The number of hydrogen-bond acceptors (Lipinski definition) is 3. The first-order chi connectivity index (χ1) is 13.5. The van der Waals surface area contributed by atoms with Crippen LogP contribution in [0.4, 0.5) is 13.2 Å². The maximum absolute atomic E-state index is 13.6. The molecule has 4 aromatic rings. The van der Waals surface area contributed by atoms with Crippen molar-refractivity contribution in [2.75, 3.05) is 6.61 Å². The molecule has 0 spiro atoms. The summed E-state index contributed by atoms with van der Waals surface area (Å²) >= 11 is 0. The molecule has 0 aliphatic heterocycles. The van der Waals surface area contributed by atoms with Gasteiger partial charge in [0.05, 0.1) is 28.6 Å². The van der Waals surface area contributed by atoms with E-state index in [1.54, 1.807) is 24.3 Å². The van der Waals surface area contributed by atoms with Gasteiger partial charge in [-0.05, 0) is 37.1 Å². The maximum Gasteiger partial charge on any atom is 0.449 e. The molecule has 0 unspecified atom stereocenters. The van der Waals surface area contributed by atoms with Gasteiger partial charge in [-0.3, -0.25) is 0 Å². The number of aliphatic hydroxyl groups excluding tert-OH is 1. The highest BCUT2D eigenvalue weighted by Gasteiger charge is 2.37. The molecule has 4 rings (SSSR count). The van der Waals surface area contributed by atoms with Crippen LogP contribution in [0.3, 0.4) is 0 Å². The molecule has 8 heteroatoms. The number of para-hydroxylation sites is 4. The van der Waals surface area contributed by atoms with Crippen molar-refractivity contribution < 1.29 is 18.3 Å². The number of hydrogen-bond donors (Lipinski definition) is 1. The summed E-state index contributed by atoms with van der Waals surface area (Å²) in [6, 6.07) is 14.1. The molecular weight excluding hydrogens is 369 g/mol. The summed E-state index contributed by atoms with van der Waals surface area (Å²) in [4.78, 5) is 8.39. The van der Waals surface area contributed by atoms with E-state index in [1.807, 2.05) is 28.8 Å². The molecular formula is C20H19F3N4O. The lowest BCUT2D eigenvalue weighted by Crippen LogP contribution is -2.17. The van der Waals surface area contributed by atoms with E-state index >= 15 is 0 Å². The Morgan fingerprint density at radius 1 is 0.821 bits per heavy atom. The lowest BCUT2D eigenvalue weighted by molar-refractivity contribution is -0.146. The Morgan fingerprint density at radius 2 is 1.43 bits per heavy atom. The van der Waals surface area contributed by atoms with Crippen LogP contribution in [0.5, 0.6) is 0 Å². The van der Waals surface area contributed by atoms with Gasteiger partial charge in [-0.15, -0.1) is 0 Å². The van der Waals surface area contributed by atoms with Gasteiger partial charge in [0.2, 0.25) is 5.82 Å². The zero-order valence-electron chi connectivity index (χ0n) is 15.0. The molecule has 146 valence electrons. The van der Waals surface area contributed by atoms with E-state index in [-0.39, 0.29) is 13.2 Å². The van der Waals surface area contributed by atoms with E-state index in [9.17, 15) is 13.2 Å². The molecule has 0 saturated heterocycles. The Hall–Kier alpha value is -2.87. The molecule has 2 aromatic heterocycles. The second-order valence-electron chi connectivity index (χ2n) is 6.61. The second kappa shape index (κ2) is 7.27. The van der Waals surface area contributed by atoms with Crippen molar-refractivity contribution in [3.8, 4) is 0 Å². The predicted octanol–water partition coefficient (Wildman–Crippen LogP) is 4.23. The number of nitrogens with zero attached hydrogens (tertiary/aromatic N) is 4. The number of alkyl halides is 3.